The Balaban J connectivity index is 2.08. The molecular weight excluding hydrogens is 296 g/mol. The molecule has 0 heterocycles. The van der Waals surface area contributed by atoms with Gasteiger partial charge >= 0.3 is 6.09 Å². The molecule has 120 valence electrons. The number of amides is 2. The molecule has 0 saturated heterocycles. The highest BCUT2D eigenvalue weighted by Gasteiger charge is 2.09. The van der Waals surface area contributed by atoms with Crippen LogP contribution in [-0.4, -0.2) is 23.7 Å². The van der Waals surface area contributed by atoms with Gasteiger partial charge in [-0.25, -0.2) is 4.79 Å². The van der Waals surface area contributed by atoms with Crippen LogP contribution in [0, 0.1) is 0 Å². The minimum Gasteiger partial charge on any atom is -0.450 e. The number of hydrogen-bond acceptors (Lipinski definition) is 4. The molecule has 0 atom stereocenters. The van der Waals surface area contributed by atoms with Gasteiger partial charge in [0.1, 0.15) is 0 Å². The van der Waals surface area contributed by atoms with Crippen molar-refractivity contribution in [3.05, 3.63) is 59.7 Å². The second-order valence-electron chi connectivity index (χ2n) is 4.74. The van der Waals surface area contributed by atoms with E-state index >= 15 is 0 Å². The molecule has 0 bridgehead atoms. The molecule has 3 N–H and O–H groups in total. The molecule has 2 aromatic rings. The lowest BCUT2D eigenvalue weighted by molar-refractivity contribution is 0.102. The number of hydrogen-bond donors (Lipinski definition) is 3. The summed E-state index contributed by atoms with van der Waals surface area (Å²) in [5, 5.41) is 14.4. The van der Waals surface area contributed by atoms with E-state index in [0.29, 0.717) is 22.5 Å². The first kappa shape index (κ1) is 16.5. The molecule has 0 saturated carbocycles. The van der Waals surface area contributed by atoms with E-state index in [0.717, 1.165) is 0 Å². The highest BCUT2D eigenvalue weighted by atomic mass is 16.5. The lowest BCUT2D eigenvalue weighted by Crippen LogP contribution is -2.15. The number of carbonyl (C=O) groups is 2. The molecule has 0 radical (unpaired) electrons. The third-order valence-corrected chi connectivity index (χ3v) is 3.01. The van der Waals surface area contributed by atoms with Gasteiger partial charge in [0.15, 0.2) is 0 Å². The van der Waals surface area contributed by atoms with Crippen LogP contribution in [0.5, 0.6) is 0 Å². The zero-order chi connectivity index (χ0) is 16.7. The smallest absolute Gasteiger partial charge is 0.411 e. The quantitative estimate of drug-likeness (QED) is 0.791. The highest BCUT2D eigenvalue weighted by molar-refractivity contribution is 6.05. The number of anilines is 2. The lowest BCUT2D eigenvalue weighted by atomic mass is 10.1. The summed E-state index contributed by atoms with van der Waals surface area (Å²) < 4.78 is 4.79. The van der Waals surface area contributed by atoms with Crippen LogP contribution in [0.2, 0.25) is 0 Å². The van der Waals surface area contributed by atoms with Crippen molar-refractivity contribution in [3.8, 4) is 0 Å². The van der Waals surface area contributed by atoms with E-state index in [1.165, 1.54) is 0 Å². The van der Waals surface area contributed by atoms with Crippen molar-refractivity contribution >= 4 is 23.4 Å². The van der Waals surface area contributed by atoms with Gasteiger partial charge in [-0.3, -0.25) is 10.1 Å². The monoisotopic (exact) mass is 314 g/mol. The maximum Gasteiger partial charge on any atom is 0.411 e. The zero-order valence-electron chi connectivity index (χ0n) is 12.7. The molecule has 0 aliphatic carbocycles. The summed E-state index contributed by atoms with van der Waals surface area (Å²) >= 11 is 0. The van der Waals surface area contributed by atoms with Crippen LogP contribution in [0.15, 0.2) is 48.5 Å². The summed E-state index contributed by atoms with van der Waals surface area (Å²) in [5.74, 6) is -0.312. The fourth-order valence-electron chi connectivity index (χ4n) is 1.97. The van der Waals surface area contributed by atoms with E-state index in [-0.39, 0.29) is 19.1 Å². The number of aliphatic hydroxyl groups is 1. The van der Waals surface area contributed by atoms with Crippen molar-refractivity contribution < 1.29 is 19.4 Å². The molecule has 6 nitrogen and oxygen atoms in total. The van der Waals surface area contributed by atoms with Crippen LogP contribution in [0.4, 0.5) is 16.2 Å². The molecule has 0 fully saturated rings. The Kier molecular flexibility index (Phi) is 5.71. The maximum atomic E-state index is 12.3. The Morgan fingerprint density at radius 1 is 1.04 bits per heavy atom. The second-order valence-corrected chi connectivity index (χ2v) is 4.74. The summed E-state index contributed by atoms with van der Waals surface area (Å²) in [6.45, 7) is 1.89. The second kappa shape index (κ2) is 7.95. The Morgan fingerprint density at radius 2 is 1.74 bits per heavy atom. The molecule has 2 aromatic carbocycles. The average Bonchev–Trinajstić information content (AvgIpc) is 2.55. The third kappa shape index (κ3) is 4.82. The van der Waals surface area contributed by atoms with E-state index in [1.54, 1.807) is 55.5 Å². The Hall–Kier alpha value is -2.86. The molecule has 0 spiro atoms. The van der Waals surface area contributed by atoms with Crippen molar-refractivity contribution in [2.45, 2.75) is 13.5 Å². The minimum absolute atomic E-state index is 0.0946. The van der Waals surface area contributed by atoms with E-state index in [9.17, 15) is 9.59 Å². The van der Waals surface area contributed by atoms with Gasteiger partial charge < -0.3 is 15.2 Å². The van der Waals surface area contributed by atoms with E-state index in [2.05, 4.69) is 10.6 Å². The topological polar surface area (TPSA) is 87.7 Å². The van der Waals surface area contributed by atoms with Crippen molar-refractivity contribution in [1.82, 2.24) is 0 Å². The van der Waals surface area contributed by atoms with E-state index < -0.39 is 6.09 Å². The zero-order valence-corrected chi connectivity index (χ0v) is 12.7. The molecule has 2 rings (SSSR count). The van der Waals surface area contributed by atoms with Crippen molar-refractivity contribution in [2.75, 3.05) is 17.2 Å². The minimum atomic E-state index is -0.569. The lowest BCUT2D eigenvalue weighted by Gasteiger charge is -2.09. The maximum absolute atomic E-state index is 12.3. The van der Waals surface area contributed by atoms with Crippen molar-refractivity contribution in [2.24, 2.45) is 0 Å². The number of ether oxygens (including phenoxy) is 1. The SMILES string of the molecule is CCOC(=O)Nc1cccc(C(=O)Nc2cccc(CO)c2)c1. The molecule has 0 aliphatic rings. The standard InChI is InChI=1S/C17H18N2O4/c1-2-23-17(22)19-15-8-4-6-13(10-15)16(21)18-14-7-3-5-12(9-14)11-20/h3-10,20H,2,11H2,1H3,(H,18,21)(H,19,22). The molecule has 0 unspecified atom stereocenters. The first-order valence-electron chi connectivity index (χ1n) is 7.17. The number of nitrogens with one attached hydrogen (secondary N) is 2. The predicted molar refractivity (Wildman–Crippen MR) is 87.4 cm³/mol. The highest BCUT2D eigenvalue weighted by Crippen LogP contribution is 2.15. The van der Waals surface area contributed by atoms with Gasteiger partial charge in [-0.15, -0.1) is 0 Å². The summed E-state index contributed by atoms with van der Waals surface area (Å²) in [6.07, 6.45) is -0.569. The summed E-state index contributed by atoms with van der Waals surface area (Å²) in [4.78, 5) is 23.7. The van der Waals surface area contributed by atoms with Crippen LogP contribution >= 0.6 is 0 Å². The summed E-state index contributed by atoms with van der Waals surface area (Å²) in [5.41, 5.74) is 2.17. The number of aliphatic hydroxyl groups excluding tert-OH is 1. The Morgan fingerprint density at radius 3 is 2.43 bits per heavy atom. The van der Waals surface area contributed by atoms with Gasteiger partial charge in [-0.1, -0.05) is 18.2 Å². The van der Waals surface area contributed by atoms with Gasteiger partial charge in [-0.05, 0) is 42.8 Å². The molecule has 0 aromatic heterocycles. The fraction of sp³-hybridized carbons (Fsp3) is 0.176. The average molecular weight is 314 g/mol. The molecule has 2 amide bonds. The largest absolute Gasteiger partial charge is 0.450 e. The number of benzene rings is 2. The first-order valence-corrected chi connectivity index (χ1v) is 7.17. The molecule has 0 aliphatic heterocycles. The van der Waals surface area contributed by atoms with Crippen molar-refractivity contribution in [3.63, 3.8) is 0 Å². The molecular formula is C17H18N2O4. The predicted octanol–water partition coefficient (Wildman–Crippen LogP) is 3.00. The first-order chi connectivity index (χ1) is 11.1. The van der Waals surface area contributed by atoms with Gasteiger partial charge in [0.25, 0.3) is 5.91 Å². The van der Waals surface area contributed by atoms with Crippen molar-refractivity contribution in [1.29, 1.82) is 0 Å². The third-order valence-electron chi connectivity index (χ3n) is 3.01. The van der Waals surface area contributed by atoms with E-state index in [1.807, 2.05) is 0 Å². The number of rotatable bonds is 5. The Bertz CT molecular complexity index is 700. The molecule has 23 heavy (non-hydrogen) atoms. The van der Waals surface area contributed by atoms with Crippen LogP contribution in [-0.2, 0) is 11.3 Å². The van der Waals surface area contributed by atoms with Gasteiger partial charge in [0.2, 0.25) is 0 Å². The van der Waals surface area contributed by atoms with E-state index in [4.69, 9.17) is 9.84 Å². The normalized spacial score (nSPS) is 10.0. The van der Waals surface area contributed by atoms with Gasteiger partial charge in [0, 0.05) is 16.9 Å². The van der Waals surface area contributed by atoms with Gasteiger partial charge in [0.05, 0.1) is 13.2 Å². The fourth-order valence-corrected chi connectivity index (χ4v) is 1.97. The van der Waals surface area contributed by atoms with Crippen LogP contribution in [0.25, 0.3) is 0 Å². The van der Waals surface area contributed by atoms with Gasteiger partial charge in [-0.2, -0.15) is 0 Å². The Labute approximate surface area is 134 Å². The van der Waals surface area contributed by atoms with Crippen LogP contribution in [0.1, 0.15) is 22.8 Å². The van der Waals surface area contributed by atoms with Crippen LogP contribution in [0.3, 0.4) is 0 Å². The van der Waals surface area contributed by atoms with Crippen LogP contribution < -0.4 is 10.6 Å². The summed E-state index contributed by atoms with van der Waals surface area (Å²) in [6, 6.07) is 13.5. The molecule has 6 heteroatoms. The summed E-state index contributed by atoms with van der Waals surface area (Å²) in [7, 11) is 0. The number of carbonyl (C=O) groups excluding carboxylic acids is 2.